The Morgan fingerprint density at radius 2 is 1.90 bits per heavy atom. The van der Waals surface area contributed by atoms with E-state index in [1.54, 1.807) is 12.2 Å². The molecule has 1 saturated carbocycles. The average molecular weight is 295 g/mol. The summed E-state index contributed by atoms with van der Waals surface area (Å²) in [5, 5.41) is 11.7. The van der Waals surface area contributed by atoms with E-state index in [1.165, 1.54) is 4.90 Å². The number of nitrogens with zero attached hydrogens (tertiary/aromatic N) is 1. The van der Waals surface area contributed by atoms with Crippen molar-refractivity contribution in [2.45, 2.75) is 44.2 Å². The fourth-order valence-electron chi connectivity index (χ4n) is 2.98. The monoisotopic (exact) mass is 295 g/mol. The number of nitrogens with two attached hydrogens (primary N) is 1. The van der Waals surface area contributed by atoms with Gasteiger partial charge in [0.05, 0.1) is 12.0 Å². The predicted molar refractivity (Wildman–Crippen MR) is 75.4 cm³/mol. The van der Waals surface area contributed by atoms with Gasteiger partial charge in [0.1, 0.15) is 6.54 Å². The van der Waals surface area contributed by atoms with Crippen molar-refractivity contribution in [3.63, 3.8) is 0 Å². The zero-order valence-electron chi connectivity index (χ0n) is 11.8. The molecule has 0 aromatic carbocycles. The van der Waals surface area contributed by atoms with Gasteiger partial charge in [0, 0.05) is 6.04 Å². The Morgan fingerprint density at radius 3 is 2.43 bits per heavy atom. The van der Waals surface area contributed by atoms with E-state index in [0.29, 0.717) is 6.42 Å². The number of amides is 3. The van der Waals surface area contributed by atoms with Crippen LogP contribution >= 0.6 is 0 Å². The topological polar surface area (TPSA) is 113 Å². The zero-order valence-corrected chi connectivity index (χ0v) is 11.8. The smallest absolute Gasteiger partial charge is 0.318 e. The minimum atomic E-state index is -0.896. The van der Waals surface area contributed by atoms with Crippen molar-refractivity contribution in [3.05, 3.63) is 12.2 Å². The van der Waals surface area contributed by atoms with E-state index in [4.69, 9.17) is 10.8 Å². The molecule has 0 saturated heterocycles. The highest BCUT2D eigenvalue weighted by Crippen LogP contribution is 2.24. The number of carboxylic acid groups (broad SMARTS) is 1. The summed E-state index contributed by atoms with van der Waals surface area (Å²) in [6.45, 7) is -0.102. The molecule has 2 aliphatic rings. The molecule has 0 radical (unpaired) electrons. The van der Waals surface area contributed by atoms with Crippen molar-refractivity contribution in [1.29, 1.82) is 0 Å². The van der Waals surface area contributed by atoms with Gasteiger partial charge in [-0.1, -0.05) is 25.0 Å². The van der Waals surface area contributed by atoms with Crippen LogP contribution < -0.4 is 11.1 Å². The van der Waals surface area contributed by atoms with Gasteiger partial charge >= 0.3 is 12.0 Å². The first-order valence-electron chi connectivity index (χ1n) is 7.24. The maximum Gasteiger partial charge on any atom is 0.318 e. The number of urea groups is 1. The SMILES string of the molecule is NC(=O)CN(C(=O)NC1C=CC(C(=O)O)C1)C1CCCC1. The molecule has 2 rings (SSSR count). The molecular weight excluding hydrogens is 274 g/mol. The molecule has 4 N–H and O–H groups in total. The molecule has 21 heavy (non-hydrogen) atoms. The Hall–Kier alpha value is -2.05. The van der Waals surface area contributed by atoms with Crippen LogP contribution in [-0.2, 0) is 9.59 Å². The second-order valence-electron chi connectivity index (χ2n) is 5.65. The fourth-order valence-corrected chi connectivity index (χ4v) is 2.98. The third-order valence-electron chi connectivity index (χ3n) is 4.06. The lowest BCUT2D eigenvalue weighted by molar-refractivity contribution is -0.140. The number of rotatable bonds is 5. The van der Waals surface area contributed by atoms with Crippen molar-refractivity contribution >= 4 is 17.9 Å². The van der Waals surface area contributed by atoms with Gasteiger partial charge in [-0.05, 0) is 19.3 Å². The van der Waals surface area contributed by atoms with Crippen LogP contribution in [0.25, 0.3) is 0 Å². The predicted octanol–water partition coefficient (Wildman–Crippen LogP) is 0.455. The summed E-state index contributed by atoms with van der Waals surface area (Å²) in [7, 11) is 0. The number of carbonyl (C=O) groups excluding carboxylic acids is 2. The van der Waals surface area contributed by atoms with E-state index in [-0.39, 0.29) is 24.7 Å². The van der Waals surface area contributed by atoms with Gasteiger partial charge in [0.15, 0.2) is 0 Å². The molecule has 3 amide bonds. The molecule has 0 aliphatic heterocycles. The van der Waals surface area contributed by atoms with Gasteiger partial charge in [-0.15, -0.1) is 0 Å². The molecule has 7 heteroatoms. The summed E-state index contributed by atoms with van der Waals surface area (Å²) in [6, 6.07) is -0.616. The van der Waals surface area contributed by atoms with E-state index in [0.717, 1.165) is 25.7 Å². The van der Waals surface area contributed by atoms with Crippen LogP contribution in [0, 0.1) is 5.92 Å². The maximum atomic E-state index is 12.3. The van der Waals surface area contributed by atoms with Gasteiger partial charge in [-0.25, -0.2) is 4.79 Å². The highest BCUT2D eigenvalue weighted by Gasteiger charge is 2.31. The molecule has 2 unspecified atom stereocenters. The number of primary amides is 1. The van der Waals surface area contributed by atoms with E-state index in [9.17, 15) is 14.4 Å². The van der Waals surface area contributed by atoms with Crippen LogP contribution in [0.4, 0.5) is 4.79 Å². The van der Waals surface area contributed by atoms with Crippen molar-refractivity contribution in [2.24, 2.45) is 11.7 Å². The number of carboxylic acids is 1. The van der Waals surface area contributed by atoms with Crippen LogP contribution in [0.2, 0.25) is 0 Å². The second-order valence-corrected chi connectivity index (χ2v) is 5.65. The highest BCUT2D eigenvalue weighted by molar-refractivity contribution is 5.83. The van der Waals surface area contributed by atoms with E-state index < -0.39 is 17.8 Å². The third-order valence-corrected chi connectivity index (χ3v) is 4.06. The molecule has 2 aliphatic carbocycles. The number of hydrogen-bond acceptors (Lipinski definition) is 3. The quantitative estimate of drug-likeness (QED) is 0.639. The second kappa shape index (κ2) is 6.60. The molecule has 1 fully saturated rings. The normalized spacial score (nSPS) is 25.0. The molecule has 0 aromatic rings. The molecule has 0 heterocycles. The van der Waals surface area contributed by atoms with E-state index in [1.807, 2.05) is 0 Å². The van der Waals surface area contributed by atoms with Crippen molar-refractivity contribution in [3.8, 4) is 0 Å². The van der Waals surface area contributed by atoms with Crippen LogP contribution in [0.15, 0.2) is 12.2 Å². The first-order valence-corrected chi connectivity index (χ1v) is 7.24. The molecule has 7 nitrogen and oxygen atoms in total. The lowest BCUT2D eigenvalue weighted by atomic mass is 10.1. The number of nitrogens with one attached hydrogen (secondary N) is 1. The summed E-state index contributed by atoms with van der Waals surface area (Å²) < 4.78 is 0. The molecule has 116 valence electrons. The van der Waals surface area contributed by atoms with Crippen LogP contribution in [0.3, 0.4) is 0 Å². The van der Waals surface area contributed by atoms with Gasteiger partial charge in [0.25, 0.3) is 0 Å². The Kier molecular flexibility index (Phi) is 4.82. The van der Waals surface area contributed by atoms with Crippen LogP contribution in [0.1, 0.15) is 32.1 Å². The first kappa shape index (κ1) is 15.3. The van der Waals surface area contributed by atoms with Gasteiger partial charge < -0.3 is 21.1 Å². The van der Waals surface area contributed by atoms with Crippen molar-refractivity contribution in [2.75, 3.05) is 6.54 Å². The number of aliphatic carboxylic acids is 1. The molecular formula is C14H21N3O4. The van der Waals surface area contributed by atoms with Gasteiger partial charge in [-0.2, -0.15) is 0 Å². The highest BCUT2D eigenvalue weighted by atomic mass is 16.4. The summed E-state index contributed by atoms with van der Waals surface area (Å²) in [4.78, 5) is 35.9. The van der Waals surface area contributed by atoms with Crippen molar-refractivity contribution < 1.29 is 19.5 Å². The zero-order chi connectivity index (χ0) is 15.4. The molecule has 0 aromatic heterocycles. The average Bonchev–Trinajstić information content (AvgIpc) is 3.06. The Balaban J connectivity index is 1.94. The fraction of sp³-hybridized carbons (Fsp3) is 0.643. The lowest BCUT2D eigenvalue weighted by Crippen LogP contribution is -2.51. The minimum Gasteiger partial charge on any atom is -0.481 e. The van der Waals surface area contributed by atoms with Crippen LogP contribution in [-0.4, -0.2) is 46.5 Å². The Labute approximate surface area is 123 Å². The van der Waals surface area contributed by atoms with Crippen molar-refractivity contribution in [1.82, 2.24) is 10.2 Å². The van der Waals surface area contributed by atoms with E-state index >= 15 is 0 Å². The maximum absolute atomic E-state index is 12.3. The lowest BCUT2D eigenvalue weighted by Gasteiger charge is -2.29. The largest absolute Gasteiger partial charge is 0.481 e. The summed E-state index contributed by atoms with van der Waals surface area (Å²) >= 11 is 0. The summed E-state index contributed by atoms with van der Waals surface area (Å²) in [6.07, 6.45) is 7.44. The standard InChI is InChI=1S/C14H21N3O4/c15-12(18)8-17(11-3-1-2-4-11)14(21)16-10-6-5-9(7-10)13(19)20/h5-6,9-11H,1-4,7-8H2,(H2,15,18)(H,16,21)(H,19,20). The first-order chi connectivity index (χ1) is 9.97. The molecule has 0 spiro atoms. The van der Waals surface area contributed by atoms with E-state index in [2.05, 4.69) is 5.32 Å². The van der Waals surface area contributed by atoms with Crippen LogP contribution in [0.5, 0.6) is 0 Å². The minimum absolute atomic E-state index is 0.0400. The summed E-state index contributed by atoms with van der Waals surface area (Å²) in [5.41, 5.74) is 5.22. The Morgan fingerprint density at radius 1 is 1.24 bits per heavy atom. The van der Waals surface area contributed by atoms with Gasteiger partial charge in [-0.3, -0.25) is 9.59 Å². The molecule has 0 bridgehead atoms. The Bertz CT molecular complexity index is 457. The third kappa shape index (κ3) is 3.96. The number of hydrogen-bond donors (Lipinski definition) is 3. The summed E-state index contributed by atoms with van der Waals surface area (Å²) in [5.74, 6) is -2.00. The molecule has 2 atom stereocenters. The number of carbonyl (C=O) groups is 3. The van der Waals surface area contributed by atoms with Gasteiger partial charge in [0.2, 0.25) is 5.91 Å².